The molecule has 0 unspecified atom stereocenters. The number of rotatable bonds is 24. The summed E-state index contributed by atoms with van der Waals surface area (Å²) in [6.07, 6.45) is 11.0. The maximum absolute atomic E-state index is 12.7. The molecule has 7 aromatic carbocycles. The molecule has 7 fully saturated rings. The molecule has 37 nitrogen and oxygen atoms in total. The van der Waals surface area contributed by atoms with E-state index < -0.39 is 87.0 Å². The molecule has 0 saturated carbocycles. The number of methoxy groups -OCH3 is 2. The second-order valence-corrected chi connectivity index (χ2v) is 50.4. The first-order valence-electron chi connectivity index (χ1n) is 43.2. The molecule has 19 rings (SSSR count). The van der Waals surface area contributed by atoms with Crippen LogP contribution in [0.15, 0.2) is 314 Å². The van der Waals surface area contributed by atoms with Gasteiger partial charge in [-0.15, -0.1) is 0 Å². The zero-order valence-electron chi connectivity index (χ0n) is 75.5. The number of ether oxygens (including phenoxy) is 2. The lowest BCUT2D eigenvalue weighted by atomic mass is 10.0. The zero-order chi connectivity index (χ0) is 102. The number of carbonyl (C=O) groups is 5. The highest BCUT2D eigenvalue weighted by molar-refractivity contribution is 14.1. The highest BCUT2D eigenvalue weighted by atomic mass is 127. The van der Waals surface area contributed by atoms with E-state index in [1.807, 2.05) is 72.8 Å². The molecule has 7 saturated heterocycles. The number of aliphatic hydroxyl groups is 1. The third-order valence-electron chi connectivity index (χ3n) is 22.9. The first kappa shape index (κ1) is 110. The number of imidazole rings is 1. The average molecular weight is 2430 g/mol. The van der Waals surface area contributed by atoms with Gasteiger partial charge >= 0.3 is 23.9 Å². The number of carboxylic acid groups (broad SMARTS) is 2. The number of aromatic amines is 1. The molecule has 0 spiro atoms. The van der Waals surface area contributed by atoms with Crippen molar-refractivity contribution in [2.24, 2.45) is 35.5 Å². The number of carbonyl (C=O) groups excluding carboxylic acids is 3. The quantitative estimate of drug-likeness (QED) is 0.0162. The van der Waals surface area contributed by atoms with Crippen LogP contribution in [-0.4, -0.2) is 273 Å². The molecule has 12 heterocycles. The molecule has 12 aromatic rings. The van der Waals surface area contributed by atoms with Gasteiger partial charge in [-0.2, -0.15) is 25.8 Å². The van der Waals surface area contributed by atoms with Crippen LogP contribution < -0.4 is 5.32 Å². The van der Waals surface area contributed by atoms with Gasteiger partial charge in [-0.1, -0.05) is 72.8 Å². The number of aliphatic carboxylic acids is 2. The second kappa shape index (κ2) is 49.5. The molecule has 0 bridgehead atoms. The summed E-state index contributed by atoms with van der Waals surface area (Å²) in [5, 5.41) is 28.7. The van der Waals surface area contributed by atoms with Gasteiger partial charge in [0.15, 0.2) is 0 Å². The summed E-state index contributed by atoms with van der Waals surface area (Å²) in [7, 11) is -16.8. The Morgan fingerprint density at radius 3 is 0.852 bits per heavy atom. The summed E-state index contributed by atoms with van der Waals surface area (Å²) in [6.45, 7) is 4.40. The molecule has 7 aliphatic heterocycles. The number of halogens is 4. The Morgan fingerprint density at radius 1 is 0.359 bits per heavy atom. The van der Waals surface area contributed by atoms with E-state index in [0.29, 0.717) is 44.2 Å². The van der Waals surface area contributed by atoms with Crippen LogP contribution in [0.4, 0.5) is 0 Å². The van der Waals surface area contributed by atoms with Crippen LogP contribution in [-0.2, 0) is 103 Å². The summed E-state index contributed by atoms with van der Waals surface area (Å²) in [4.78, 5) is 79.5. The number of hydrogen-bond acceptors (Lipinski definition) is 28. The first-order chi connectivity index (χ1) is 67.5. The van der Waals surface area contributed by atoms with Crippen molar-refractivity contribution >= 4 is 178 Å². The Hall–Kier alpha value is -10.3. The summed E-state index contributed by atoms with van der Waals surface area (Å²) in [5.74, 6) is -2.89. The Bertz CT molecular complexity index is 7170. The van der Waals surface area contributed by atoms with Gasteiger partial charge in [-0.3, -0.25) is 39.1 Å². The molecule has 5 aromatic heterocycles. The number of sulfonamides is 6. The Balaban J connectivity index is 0.000000147. The Labute approximate surface area is 867 Å². The number of H-pyrrole nitrogens is 1. The number of aldehydes is 1. The summed E-state index contributed by atoms with van der Waals surface area (Å²) in [6, 6.07) is 68.6. The minimum atomic E-state index is -3.57. The van der Waals surface area contributed by atoms with Gasteiger partial charge in [0.2, 0.25) is 60.1 Å². The maximum Gasteiger partial charge on any atom is 0.311 e. The van der Waals surface area contributed by atoms with Gasteiger partial charge in [0.1, 0.15) is 12.1 Å². The van der Waals surface area contributed by atoms with Crippen LogP contribution in [0.25, 0.3) is 45.0 Å². The lowest BCUT2D eigenvalue weighted by molar-refractivity contribution is -0.149. The largest absolute Gasteiger partial charge is 0.481 e. The van der Waals surface area contributed by atoms with Crippen LogP contribution in [0, 0.1) is 46.2 Å². The Kier molecular flexibility index (Phi) is 38.5. The van der Waals surface area contributed by atoms with Crippen molar-refractivity contribution in [1.82, 2.24) is 61.1 Å². The lowest BCUT2D eigenvalue weighted by Gasteiger charge is -2.36. The van der Waals surface area contributed by atoms with Crippen LogP contribution >= 0.6 is 78.5 Å². The number of carboxylic acids is 2. The van der Waals surface area contributed by atoms with E-state index in [9.17, 15) is 82.9 Å². The fourth-order valence-electron chi connectivity index (χ4n) is 14.1. The summed E-state index contributed by atoms with van der Waals surface area (Å²) < 4.78 is 189. The molecule has 48 heteroatoms. The second-order valence-electron chi connectivity index (χ2n) is 32.5. The van der Waals surface area contributed by atoms with Crippen molar-refractivity contribution in [3.8, 4) is 45.0 Å². The molecule has 7 aliphatic rings. The van der Waals surface area contributed by atoms with Crippen molar-refractivity contribution in [3.05, 3.63) is 296 Å². The topological polar surface area (TPSA) is 515 Å². The van der Waals surface area contributed by atoms with E-state index in [0.717, 1.165) is 67.9 Å². The molecule has 142 heavy (non-hydrogen) atoms. The van der Waals surface area contributed by atoms with Gasteiger partial charge in [0.25, 0.3) is 9.05 Å². The summed E-state index contributed by atoms with van der Waals surface area (Å²) in [5.41, 5.74) is 6.70. The van der Waals surface area contributed by atoms with Gasteiger partial charge in [0.05, 0.1) is 94.9 Å². The van der Waals surface area contributed by atoms with E-state index >= 15 is 0 Å². The van der Waals surface area contributed by atoms with E-state index in [2.05, 4.69) is 112 Å². The highest BCUT2D eigenvalue weighted by Crippen LogP contribution is 2.36. The monoisotopic (exact) mass is 2430 g/mol. The van der Waals surface area contributed by atoms with Crippen LogP contribution in [0.3, 0.4) is 0 Å². The molecular formula is C94H95ClI3N13O24S7. The Morgan fingerprint density at radius 2 is 0.627 bits per heavy atom. The molecule has 0 aliphatic carbocycles. The van der Waals surface area contributed by atoms with E-state index in [-0.39, 0.29) is 136 Å². The minimum Gasteiger partial charge on any atom is -0.481 e. The summed E-state index contributed by atoms with van der Waals surface area (Å²) >= 11 is 6.29. The van der Waals surface area contributed by atoms with Crippen molar-refractivity contribution < 1.29 is 108 Å². The van der Waals surface area contributed by atoms with Gasteiger partial charge in [0, 0.05) is 197 Å². The van der Waals surface area contributed by atoms with Gasteiger partial charge in [-0.05, 0) is 238 Å². The van der Waals surface area contributed by atoms with E-state index in [1.54, 1.807) is 183 Å². The lowest BCUT2D eigenvalue weighted by Crippen LogP contribution is -2.53. The molecule has 5 N–H and O–H groups in total. The van der Waals surface area contributed by atoms with E-state index in [1.165, 1.54) is 64.3 Å². The number of hydrogen-bond donors (Lipinski definition) is 5. The highest BCUT2D eigenvalue weighted by Gasteiger charge is 2.45. The number of esters is 2. The number of benzene rings is 7. The van der Waals surface area contributed by atoms with Crippen molar-refractivity contribution in [2.75, 3.05) is 112 Å². The van der Waals surface area contributed by atoms with Crippen molar-refractivity contribution in [1.29, 1.82) is 0 Å². The molecular weight excluding hydrogens is 2340 g/mol. The molecule has 0 amide bonds. The number of aromatic nitrogens is 6. The van der Waals surface area contributed by atoms with E-state index in [4.69, 9.17) is 26.0 Å². The molecule has 0 atom stereocenters. The smallest absolute Gasteiger partial charge is 0.311 e. The van der Waals surface area contributed by atoms with Gasteiger partial charge in [-0.25, -0.2) is 63.9 Å². The number of nitrogens with one attached hydrogen (secondary N) is 2. The van der Waals surface area contributed by atoms with Crippen LogP contribution in [0.2, 0.25) is 0 Å². The third kappa shape index (κ3) is 28.5. The minimum absolute atomic E-state index is 0.0324. The SMILES string of the molecule is COC(=O)C1CN(S(=O)(=O)c2ccc(-c3ccccn3)cc2)C1.COC(=O)C1CN(S(=O)(=O)c2ccc(I)cc2)C1.O=C(O)C1CN(S(=O)(=O)c2ccc(I)cc2)C1.O=C(O)C1CNC1.O=CC1CN(S(=O)(=O)c2ccc(-c3ccccn3)cc2)C1.O=S(=O)(Cl)c1ccc(I)cc1.O=S(=O)(c1ccc(-c2ccccn2)cc1)N1CC(CO)C1.O=S(=O)(c1ccc(-c2ccccn2)cc1)N1CC(c2ncc[nH]2)C1. The predicted octanol–water partition coefficient (Wildman–Crippen LogP) is 10.3. The molecule has 750 valence electrons. The average Bonchev–Trinajstić information content (AvgIpc) is 1.83. The van der Waals surface area contributed by atoms with Crippen LogP contribution in [0.1, 0.15) is 11.7 Å². The predicted molar refractivity (Wildman–Crippen MR) is 549 cm³/mol. The van der Waals surface area contributed by atoms with Crippen molar-refractivity contribution in [3.63, 3.8) is 0 Å². The first-order valence-corrected chi connectivity index (χ1v) is 57.4. The normalized spacial score (nSPS) is 16.4. The van der Waals surface area contributed by atoms with Crippen LogP contribution in [0.5, 0.6) is 0 Å². The van der Waals surface area contributed by atoms with Gasteiger partial charge < -0.3 is 39.9 Å². The molecule has 0 radical (unpaired) electrons. The fourth-order valence-corrected chi connectivity index (χ4v) is 25.2. The third-order valence-corrected chi connectivity index (χ3v) is 37.5. The zero-order valence-corrected chi connectivity index (χ0v) is 88.4. The van der Waals surface area contributed by atoms with Crippen molar-refractivity contribution in [2.45, 2.75) is 40.2 Å². The standard InChI is InChI=1S/C17H16N4O2S.C16H16N2O4S.C15H16N2O3S.C15H14N2O3S.C11H12INO4S.C10H10INO4S.C6H4ClIO2S.C4H7NO2/c22-24(23,21-11-14(12-21)17-19-9-10-20-17)15-6-4-13(5-7-15)16-3-1-2-8-18-16;1-22-16(19)13-10-18(11-13)23(20,21)14-7-5-12(6-8-14)15-4-2-3-9-17-15;2*18-11-12-9-17(10-12)21(19,20)14-6-4-13(5-7-14)15-3-1-2-8-16-15;1-17-11(14)8-6-13(7-8)18(15,16)10-4-2-9(12)3-5-10;11-8-1-3-9(4-2-8)17(15,16)12-5-7(6-12)10(13)14;7-11(9,10)6-3-1-5(8)2-4-6;6-4(7)3-1-5-2-3/h1-10,14H,11-12H2,(H,19,20);2-9,13H,10-11H2,1H3;1-8,12,18H,9-11H2;1-8,11-12H,9-10H2;2-5,8H,6-7H2,1H3;1-4,7H,5-6H2,(H,13,14);1-4H;3,5H,1-2H2,(H,6,7). The fraction of sp³-hybridized carbons (Fsp3) is 0.255. The number of pyridine rings is 4. The number of nitrogens with zero attached hydrogens (tertiary/aromatic N) is 11. The maximum atomic E-state index is 12.7. The number of aliphatic hydroxyl groups excluding tert-OH is 1.